The van der Waals surface area contributed by atoms with Gasteiger partial charge in [0.15, 0.2) is 0 Å². The van der Waals surface area contributed by atoms with Gasteiger partial charge in [-0.1, -0.05) is 13.3 Å². The van der Waals surface area contributed by atoms with Crippen LogP contribution in [0.1, 0.15) is 51.8 Å². The first-order valence-electron chi connectivity index (χ1n) is 7.56. The van der Waals surface area contributed by atoms with Gasteiger partial charge < -0.3 is 5.32 Å². The molecule has 0 saturated heterocycles. The summed E-state index contributed by atoms with van der Waals surface area (Å²) in [6.07, 6.45) is 7.45. The number of hydrogen-bond acceptors (Lipinski definition) is 3. The van der Waals surface area contributed by atoms with Gasteiger partial charge >= 0.3 is 0 Å². The molecule has 108 valence electrons. The SMILES string of the molecule is CC1CCC(CNC(C)(C)C)C(Cc2cncs2)C1. The second-order valence-corrected chi connectivity index (χ2v) is 8.21. The summed E-state index contributed by atoms with van der Waals surface area (Å²) in [6.45, 7) is 10.4. The van der Waals surface area contributed by atoms with Gasteiger partial charge in [-0.3, -0.25) is 4.98 Å². The molecule has 0 aromatic carbocycles. The number of thiazole rings is 1. The second-order valence-electron chi connectivity index (χ2n) is 7.24. The van der Waals surface area contributed by atoms with Crippen molar-refractivity contribution in [3.8, 4) is 0 Å². The highest BCUT2D eigenvalue weighted by Crippen LogP contribution is 2.36. The third-order valence-corrected chi connectivity index (χ3v) is 5.05. The molecule has 1 heterocycles. The Kier molecular flexibility index (Phi) is 5.02. The van der Waals surface area contributed by atoms with Crippen LogP contribution in [0.2, 0.25) is 0 Å². The van der Waals surface area contributed by atoms with Crippen LogP contribution in [0.3, 0.4) is 0 Å². The molecule has 0 amide bonds. The predicted octanol–water partition coefficient (Wildman–Crippen LogP) is 4.13. The van der Waals surface area contributed by atoms with Gasteiger partial charge in [-0.05, 0) is 64.3 Å². The van der Waals surface area contributed by atoms with Gasteiger partial charge in [-0.15, -0.1) is 11.3 Å². The van der Waals surface area contributed by atoms with E-state index in [4.69, 9.17) is 0 Å². The second kappa shape index (κ2) is 6.36. The molecule has 19 heavy (non-hydrogen) atoms. The lowest BCUT2D eigenvalue weighted by molar-refractivity contribution is 0.174. The number of nitrogens with one attached hydrogen (secondary N) is 1. The standard InChI is InChI=1S/C16H28N2S/c1-12-5-6-13(9-18-16(2,3)4)14(7-12)8-15-10-17-11-19-15/h10-14,18H,5-9H2,1-4H3. The number of aromatic nitrogens is 1. The van der Waals surface area contributed by atoms with E-state index < -0.39 is 0 Å². The maximum atomic E-state index is 4.22. The van der Waals surface area contributed by atoms with Crippen molar-refractivity contribution in [1.29, 1.82) is 0 Å². The zero-order valence-corrected chi connectivity index (χ0v) is 13.6. The Balaban J connectivity index is 1.94. The van der Waals surface area contributed by atoms with E-state index in [9.17, 15) is 0 Å². The van der Waals surface area contributed by atoms with Crippen LogP contribution in [0.5, 0.6) is 0 Å². The summed E-state index contributed by atoms with van der Waals surface area (Å²) in [7, 11) is 0. The van der Waals surface area contributed by atoms with Crippen molar-refractivity contribution in [2.24, 2.45) is 17.8 Å². The maximum absolute atomic E-state index is 4.22. The molecule has 0 radical (unpaired) electrons. The van der Waals surface area contributed by atoms with E-state index in [1.807, 2.05) is 16.8 Å². The molecular formula is C16H28N2S. The van der Waals surface area contributed by atoms with Crippen molar-refractivity contribution in [1.82, 2.24) is 10.3 Å². The Morgan fingerprint density at radius 2 is 2.11 bits per heavy atom. The van der Waals surface area contributed by atoms with E-state index in [-0.39, 0.29) is 5.54 Å². The number of rotatable bonds is 4. The fourth-order valence-corrected chi connectivity index (χ4v) is 3.81. The molecule has 0 spiro atoms. The highest BCUT2D eigenvalue weighted by Gasteiger charge is 2.29. The highest BCUT2D eigenvalue weighted by molar-refractivity contribution is 7.09. The summed E-state index contributed by atoms with van der Waals surface area (Å²) in [5.74, 6) is 2.56. The van der Waals surface area contributed by atoms with Crippen LogP contribution < -0.4 is 5.32 Å². The monoisotopic (exact) mass is 280 g/mol. The molecule has 1 saturated carbocycles. The van der Waals surface area contributed by atoms with Crippen molar-refractivity contribution < 1.29 is 0 Å². The molecule has 1 N–H and O–H groups in total. The van der Waals surface area contributed by atoms with Crippen molar-refractivity contribution >= 4 is 11.3 Å². The molecule has 1 fully saturated rings. The van der Waals surface area contributed by atoms with Crippen molar-refractivity contribution in [3.63, 3.8) is 0 Å². The Morgan fingerprint density at radius 3 is 2.74 bits per heavy atom. The minimum absolute atomic E-state index is 0.234. The summed E-state index contributed by atoms with van der Waals surface area (Å²) < 4.78 is 0. The molecule has 2 nitrogen and oxygen atoms in total. The summed E-state index contributed by atoms with van der Waals surface area (Å²) in [4.78, 5) is 5.68. The van der Waals surface area contributed by atoms with Gasteiger partial charge in [0.1, 0.15) is 0 Å². The zero-order valence-electron chi connectivity index (χ0n) is 12.8. The average Bonchev–Trinajstić information content (AvgIpc) is 2.79. The first-order chi connectivity index (χ1) is 8.94. The van der Waals surface area contributed by atoms with Crippen molar-refractivity contribution in [2.45, 2.75) is 58.9 Å². The molecule has 1 aromatic heterocycles. The summed E-state index contributed by atoms with van der Waals surface area (Å²) in [6, 6.07) is 0. The molecule has 3 heteroatoms. The fourth-order valence-electron chi connectivity index (χ4n) is 3.12. The van der Waals surface area contributed by atoms with Crippen LogP contribution in [0.25, 0.3) is 0 Å². The smallest absolute Gasteiger partial charge is 0.0794 e. The molecule has 1 aliphatic rings. The molecule has 3 unspecified atom stereocenters. The van der Waals surface area contributed by atoms with Crippen LogP contribution in [0.4, 0.5) is 0 Å². The molecule has 0 bridgehead atoms. The quantitative estimate of drug-likeness (QED) is 0.897. The van der Waals surface area contributed by atoms with Gasteiger partial charge in [0.2, 0.25) is 0 Å². The minimum atomic E-state index is 0.234. The molecular weight excluding hydrogens is 252 g/mol. The lowest BCUT2D eigenvalue weighted by atomic mass is 9.73. The predicted molar refractivity (Wildman–Crippen MR) is 83.6 cm³/mol. The Morgan fingerprint density at radius 1 is 1.32 bits per heavy atom. The van der Waals surface area contributed by atoms with E-state index in [0.717, 1.165) is 17.8 Å². The highest BCUT2D eigenvalue weighted by atomic mass is 32.1. The van der Waals surface area contributed by atoms with Gasteiger partial charge in [0.05, 0.1) is 5.51 Å². The molecule has 2 rings (SSSR count). The van der Waals surface area contributed by atoms with Crippen LogP contribution in [-0.2, 0) is 6.42 Å². The molecule has 0 aliphatic heterocycles. The summed E-state index contributed by atoms with van der Waals surface area (Å²) >= 11 is 1.81. The zero-order chi connectivity index (χ0) is 13.9. The van der Waals surface area contributed by atoms with Gasteiger partial charge in [-0.25, -0.2) is 0 Å². The van der Waals surface area contributed by atoms with E-state index in [0.29, 0.717) is 0 Å². The Hall–Kier alpha value is -0.410. The van der Waals surface area contributed by atoms with Gasteiger partial charge in [-0.2, -0.15) is 0 Å². The first-order valence-corrected chi connectivity index (χ1v) is 8.44. The molecule has 1 aliphatic carbocycles. The lowest BCUT2D eigenvalue weighted by Crippen LogP contribution is -2.42. The Labute approximate surface area is 122 Å². The molecule has 1 aromatic rings. The van der Waals surface area contributed by atoms with E-state index >= 15 is 0 Å². The molecule has 3 atom stereocenters. The lowest BCUT2D eigenvalue weighted by Gasteiger charge is -2.36. The fraction of sp³-hybridized carbons (Fsp3) is 0.812. The van der Waals surface area contributed by atoms with Crippen molar-refractivity contribution in [2.75, 3.05) is 6.54 Å². The van der Waals surface area contributed by atoms with Gasteiger partial charge in [0, 0.05) is 16.6 Å². The summed E-state index contributed by atoms with van der Waals surface area (Å²) in [5.41, 5.74) is 2.20. The van der Waals surface area contributed by atoms with Gasteiger partial charge in [0.25, 0.3) is 0 Å². The maximum Gasteiger partial charge on any atom is 0.0794 e. The topological polar surface area (TPSA) is 24.9 Å². The largest absolute Gasteiger partial charge is 0.312 e. The van der Waals surface area contributed by atoms with Crippen LogP contribution in [0, 0.1) is 17.8 Å². The van der Waals surface area contributed by atoms with E-state index in [1.165, 1.54) is 37.1 Å². The third-order valence-electron chi connectivity index (χ3n) is 4.24. The van der Waals surface area contributed by atoms with Crippen LogP contribution in [0.15, 0.2) is 11.7 Å². The van der Waals surface area contributed by atoms with E-state index in [1.54, 1.807) is 0 Å². The first kappa shape index (κ1) is 15.0. The number of nitrogens with zero attached hydrogens (tertiary/aromatic N) is 1. The van der Waals surface area contributed by atoms with Crippen LogP contribution in [-0.4, -0.2) is 17.1 Å². The Bertz CT molecular complexity index is 367. The minimum Gasteiger partial charge on any atom is -0.312 e. The average molecular weight is 280 g/mol. The third kappa shape index (κ3) is 4.88. The number of hydrogen-bond donors (Lipinski definition) is 1. The van der Waals surface area contributed by atoms with Crippen molar-refractivity contribution in [3.05, 3.63) is 16.6 Å². The summed E-state index contributed by atoms with van der Waals surface area (Å²) in [5, 5.41) is 3.70. The van der Waals surface area contributed by atoms with Crippen LogP contribution >= 0.6 is 11.3 Å². The normalized spacial score (nSPS) is 28.5. The van der Waals surface area contributed by atoms with E-state index in [2.05, 4.69) is 44.2 Å².